The van der Waals surface area contributed by atoms with Gasteiger partial charge < -0.3 is 10.1 Å². The van der Waals surface area contributed by atoms with Gasteiger partial charge in [-0.25, -0.2) is 4.98 Å². The lowest BCUT2D eigenvalue weighted by molar-refractivity contribution is 0.0128. The number of rotatable bonds is 5. The predicted molar refractivity (Wildman–Crippen MR) is 75.5 cm³/mol. The van der Waals surface area contributed by atoms with Crippen molar-refractivity contribution in [2.45, 2.75) is 45.8 Å². The zero-order valence-electron chi connectivity index (χ0n) is 11.2. The fourth-order valence-corrected chi connectivity index (χ4v) is 2.01. The molecule has 0 aromatic carbocycles. The van der Waals surface area contributed by atoms with Crippen LogP contribution >= 0.6 is 15.9 Å². The van der Waals surface area contributed by atoms with Crippen molar-refractivity contribution in [1.29, 1.82) is 0 Å². The second kappa shape index (κ2) is 5.83. The van der Waals surface area contributed by atoms with Crippen LogP contribution < -0.4 is 5.32 Å². The van der Waals surface area contributed by atoms with E-state index in [0.29, 0.717) is 6.04 Å². The highest BCUT2D eigenvalue weighted by Crippen LogP contribution is 2.21. The molecule has 1 aromatic heterocycles. The SMILES string of the molecule is COC(C)(C)CC(C)Nc1cnc(Br)c(C)c1. The average molecular weight is 301 g/mol. The maximum atomic E-state index is 5.43. The zero-order chi connectivity index (χ0) is 13.1. The normalized spacial score (nSPS) is 13.5. The zero-order valence-corrected chi connectivity index (χ0v) is 12.8. The topological polar surface area (TPSA) is 34.1 Å². The van der Waals surface area contributed by atoms with Gasteiger partial charge in [0.2, 0.25) is 0 Å². The van der Waals surface area contributed by atoms with Crippen LogP contribution in [0.5, 0.6) is 0 Å². The van der Waals surface area contributed by atoms with E-state index in [0.717, 1.165) is 22.3 Å². The van der Waals surface area contributed by atoms with E-state index in [2.05, 4.69) is 53.1 Å². The quantitative estimate of drug-likeness (QED) is 0.841. The molecule has 17 heavy (non-hydrogen) atoms. The lowest BCUT2D eigenvalue weighted by Gasteiger charge is -2.27. The molecule has 1 N–H and O–H groups in total. The van der Waals surface area contributed by atoms with Crippen LogP contribution in [0, 0.1) is 6.92 Å². The summed E-state index contributed by atoms with van der Waals surface area (Å²) in [6.45, 7) is 8.37. The minimum absolute atomic E-state index is 0.107. The van der Waals surface area contributed by atoms with Crippen molar-refractivity contribution in [3.05, 3.63) is 22.4 Å². The Labute approximate surface area is 112 Å². The molecule has 0 fully saturated rings. The van der Waals surface area contributed by atoms with Gasteiger partial charge in [0.25, 0.3) is 0 Å². The number of hydrogen-bond donors (Lipinski definition) is 1. The van der Waals surface area contributed by atoms with Crippen LogP contribution in [0.25, 0.3) is 0 Å². The maximum absolute atomic E-state index is 5.43. The molecule has 0 saturated heterocycles. The van der Waals surface area contributed by atoms with Crippen molar-refractivity contribution in [2.75, 3.05) is 12.4 Å². The molecule has 4 heteroatoms. The molecule has 0 bridgehead atoms. The van der Waals surface area contributed by atoms with E-state index in [4.69, 9.17) is 4.74 Å². The molecule has 0 aliphatic rings. The summed E-state index contributed by atoms with van der Waals surface area (Å²) in [5, 5.41) is 3.44. The summed E-state index contributed by atoms with van der Waals surface area (Å²) in [6.07, 6.45) is 2.78. The monoisotopic (exact) mass is 300 g/mol. The van der Waals surface area contributed by atoms with Gasteiger partial charge in [0.1, 0.15) is 4.60 Å². The van der Waals surface area contributed by atoms with E-state index in [1.54, 1.807) is 7.11 Å². The minimum Gasteiger partial charge on any atom is -0.381 e. The van der Waals surface area contributed by atoms with E-state index in [1.807, 2.05) is 13.1 Å². The Balaban J connectivity index is 2.62. The molecule has 3 nitrogen and oxygen atoms in total. The highest BCUT2D eigenvalue weighted by atomic mass is 79.9. The predicted octanol–water partition coefficient (Wildman–Crippen LogP) is 3.77. The molecule has 1 atom stereocenters. The molecule has 1 rings (SSSR count). The van der Waals surface area contributed by atoms with Crippen LogP contribution in [0.2, 0.25) is 0 Å². The van der Waals surface area contributed by atoms with Crippen LogP contribution in [0.3, 0.4) is 0 Å². The first-order valence-electron chi connectivity index (χ1n) is 5.78. The Morgan fingerprint density at radius 2 is 2.18 bits per heavy atom. The Morgan fingerprint density at radius 1 is 1.53 bits per heavy atom. The van der Waals surface area contributed by atoms with Crippen molar-refractivity contribution in [2.24, 2.45) is 0 Å². The Hall–Kier alpha value is -0.610. The van der Waals surface area contributed by atoms with Crippen molar-refractivity contribution >= 4 is 21.6 Å². The summed E-state index contributed by atoms with van der Waals surface area (Å²) in [6, 6.07) is 2.43. The van der Waals surface area contributed by atoms with Gasteiger partial charge in [0, 0.05) is 13.2 Å². The summed E-state index contributed by atoms with van der Waals surface area (Å²) in [7, 11) is 1.75. The fourth-order valence-electron chi connectivity index (χ4n) is 1.79. The van der Waals surface area contributed by atoms with Gasteiger partial charge in [0.15, 0.2) is 0 Å². The third kappa shape index (κ3) is 4.64. The number of aryl methyl sites for hydroxylation is 1. The lowest BCUT2D eigenvalue weighted by Crippen LogP contribution is -2.31. The van der Waals surface area contributed by atoms with Crippen molar-refractivity contribution in [3.8, 4) is 0 Å². The summed E-state index contributed by atoms with van der Waals surface area (Å²) in [4.78, 5) is 4.27. The first kappa shape index (κ1) is 14.5. The van der Waals surface area contributed by atoms with E-state index < -0.39 is 0 Å². The van der Waals surface area contributed by atoms with Gasteiger partial charge in [-0.2, -0.15) is 0 Å². The first-order valence-corrected chi connectivity index (χ1v) is 6.57. The van der Waals surface area contributed by atoms with Crippen LogP contribution in [0.15, 0.2) is 16.9 Å². The number of hydrogen-bond acceptors (Lipinski definition) is 3. The number of aromatic nitrogens is 1. The van der Waals surface area contributed by atoms with Gasteiger partial charge in [-0.1, -0.05) is 0 Å². The molecule has 0 saturated carbocycles. The summed E-state index contributed by atoms with van der Waals surface area (Å²) >= 11 is 3.40. The number of methoxy groups -OCH3 is 1. The summed E-state index contributed by atoms with van der Waals surface area (Å²) in [5.74, 6) is 0. The third-order valence-corrected chi connectivity index (χ3v) is 3.61. The number of nitrogens with zero attached hydrogens (tertiary/aromatic N) is 1. The number of nitrogens with one attached hydrogen (secondary N) is 1. The Kier molecular flexibility index (Phi) is 4.95. The summed E-state index contributed by atoms with van der Waals surface area (Å²) < 4.78 is 6.32. The lowest BCUT2D eigenvalue weighted by atomic mass is 10.00. The van der Waals surface area contributed by atoms with Crippen LogP contribution in [0.4, 0.5) is 5.69 Å². The van der Waals surface area contributed by atoms with Crippen LogP contribution in [-0.2, 0) is 4.74 Å². The van der Waals surface area contributed by atoms with Gasteiger partial charge in [-0.15, -0.1) is 0 Å². The van der Waals surface area contributed by atoms with Gasteiger partial charge in [-0.05, 0) is 61.7 Å². The van der Waals surface area contributed by atoms with E-state index in [9.17, 15) is 0 Å². The molecule has 1 heterocycles. The molecule has 96 valence electrons. The van der Waals surface area contributed by atoms with E-state index in [-0.39, 0.29) is 5.60 Å². The van der Waals surface area contributed by atoms with Crippen molar-refractivity contribution in [3.63, 3.8) is 0 Å². The van der Waals surface area contributed by atoms with Gasteiger partial charge >= 0.3 is 0 Å². The molecular formula is C13H21BrN2O. The molecule has 0 spiro atoms. The second-order valence-corrected chi connectivity index (χ2v) is 5.80. The highest BCUT2D eigenvalue weighted by molar-refractivity contribution is 9.10. The van der Waals surface area contributed by atoms with Gasteiger partial charge in [-0.3, -0.25) is 0 Å². The molecule has 1 unspecified atom stereocenters. The molecule has 0 aliphatic carbocycles. The fraction of sp³-hybridized carbons (Fsp3) is 0.615. The first-order chi connectivity index (χ1) is 7.84. The van der Waals surface area contributed by atoms with E-state index >= 15 is 0 Å². The van der Waals surface area contributed by atoms with Crippen LogP contribution in [-0.4, -0.2) is 23.7 Å². The number of ether oxygens (including phenoxy) is 1. The largest absolute Gasteiger partial charge is 0.381 e. The standard InChI is InChI=1S/C13H21BrN2O/c1-9-6-11(8-15-12(9)14)16-10(2)7-13(3,4)17-5/h6,8,10,16H,7H2,1-5H3. The second-order valence-electron chi connectivity index (χ2n) is 5.05. The van der Waals surface area contributed by atoms with E-state index in [1.165, 1.54) is 0 Å². The molecular weight excluding hydrogens is 280 g/mol. The molecule has 0 radical (unpaired) electrons. The third-order valence-electron chi connectivity index (χ3n) is 2.78. The van der Waals surface area contributed by atoms with Crippen molar-refractivity contribution in [1.82, 2.24) is 4.98 Å². The molecule has 1 aromatic rings. The maximum Gasteiger partial charge on any atom is 0.109 e. The number of halogens is 1. The van der Waals surface area contributed by atoms with Crippen LogP contribution in [0.1, 0.15) is 32.8 Å². The summed E-state index contributed by atoms with van der Waals surface area (Å²) in [5.41, 5.74) is 2.07. The average Bonchev–Trinajstić information content (AvgIpc) is 2.23. The minimum atomic E-state index is -0.107. The Morgan fingerprint density at radius 3 is 2.71 bits per heavy atom. The van der Waals surface area contributed by atoms with Crippen molar-refractivity contribution < 1.29 is 4.74 Å². The number of anilines is 1. The number of pyridine rings is 1. The smallest absolute Gasteiger partial charge is 0.109 e. The molecule has 0 amide bonds. The Bertz CT molecular complexity index is 380. The van der Waals surface area contributed by atoms with Gasteiger partial charge in [0.05, 0.1) is 17.5 Å². The highest BCUT2D eigenvalue weighted by Gasteiger charge is 2.20. The molecule has 0 aliphatic heterocycles.